The molecule has 1 aliphatic heterocycles. The Morgan fingerprint density at radius 1 is 0.893 bits per heavy atom. The smallest absolute Gasteiger partial charge is 0.0668 e. The number of nitrogens with zero attached hydrogens (tertiary/aromatic N) is 1. The summed E-state index contributed by atoms with van der Waals surface area (Å²) >= 11 is 7.73. The first-order valence-corrected chi connectivity index (χ1v) is 10.1. The summed E-state index contributed by atoms with van der Waals surface area (Å²) in [6.45, 7) is 1.63. The quantitative estimate of drug-likeness (QED) is 0.493. The van der Waals surface area contributed by atoms with Crippen LogP contribution >= 0.6 is 35.8 Å². The number of aliphatic imine (C=N–C) groups is 1. The zero-order valence-corrected chi connectivity index (χ0v) is 17.5. The molecule has 5 heteroatoms. The molecule has 0 bridgehead atoms. The van der Waals surface area contributed by atoms with Crippen molar-refractivity contribution in [1.29, 1.82) is 0 Å². The molecule has 0 saturated heterocycles. The summed E-state index contributed by atoms with van der Waals surface area (Å²) in [7, 11) is 0. The minimum Gasteiger partial charge on any atom is -0.383 e. The summed E-state index contributed by atoms with van der Waals surface area (Å²) < 4.78 is 0. The van der Waals surface area contributed by atoms with Gasteiger partial charge >= 0.3 is 0 Å². The molecule has 142 valence electrons. The van der Waals surface area contributed by atoms with Crippen LogP contribution < -0.4 is 5.32 Å². The Bertz CT molecular complexity index is 997. The zero-order valence-electron chi connectivity index (χ0n) is 15.1. The van der Waals surface area contributed by atoms with Crippen LogP contribution in [0.4, 0.5) is 5.69 Å². The molecule has 0 aliphatic carbocycles. The monoisotopic (exact) mass is 426 g/mol. The van der Waals surface area contributed by atoms with Crippen molar-refractivity contribution < 1.29 is 0 Å². The normalized spacial score (nSPS) is 13.1. The molecule has 2 nitrogen and oxygen atoms in total. The van der Waals surface area contributed by atoms with Gasteiger partial charge in [-0.05, 0) is 48.0 Å². The van der Waals surface area contributed by atoms with Gasteiger partial charge in [-0.1, -0.05) is 65.8 Å². The highest BCUT2D eigenvalue weighted by Crippen LogP contribution is 2.32. The molecule has 0 unspecified atom stereocenters. The van der Waals surface area contributed by atoms with Crippen LogP contribution in [-0.4, -0.2) is 18.8 Å². The van der Waals surface area contributed by atoms with Gasteiger partial charge in [0, 0.05) is 32.6 Å². The number of anilines is 1. The molecule has 0 saturated carbocycles. The van der Waals surface area contributed by atoms with E-state index in [9.17, 15) is 0 Å². The lowest BCUT2D eigenvalue weighted by atomic mass is 10.1. The second-order valence-electron chi connectivity index (χ2n) is 6.17. The lowest BCUT2D eigenvalue weighted by Crippen LogP contribution is -2.03. The topological polar surface area (TPSA) is 24.4 Å². The molecule has 4 rings (SSSR count). The van der Waals surface area contributed by atoms with Gasteiger partial charge in [-0.2, -0.15) is 0 Å². The van der Waals surface area contributed by atoms with Crippen molar-refractivity contribution in [1.82, 2.24) is 0 Å². The first-order chi connectivity index (χ1) is 13.3. The lowest BCUT2D eigenvalue weighted by Gasteiger charge is -2.08. The molecular weight excluding hydrogens is 407 g/mol. The van der Waals surface area contributed by atoms with Crippen molar-refractivity contribution >= 4 is 53.2 Å². The second kappa shape index (κ2) is 9.83. The number of rotatable bonds is 4. The summed E-state index contributed by atoms with van der Waals surface area (Å²) in [5.41, 5.74) is 4.48. The fourth-order valence-electron chi connectivity index (χ4n) is 2.96. The van der Waals surface area contributed by atoms with E-state index in [1.165, 1.54) is 15.4 Å². The highest BCUT2D eigenvalue weighted by atomic mass is 35.5. The van der Waals surface area contributed by atoms with Crippen molar-refractivity contribution in [2.24, 2.45) is 4.99 Å². The van der Waals surface area contributed by atoms with Crippen LogP contribution in [0.2, 0.25) is 5.02 Å². The number of hydrogen-bond acceptors (Lipinski definition) is 3. The summed E-state index contributed by atoms with van der Waals surface area (Å²) in [6, 6.07) is 24.7. The van der Waals surface area contributed by atoms with Gasteiger partial charge < -0.3 is 5.32 Å². The van der Waals surface area contributed by atoms with E-state index in [0.717, 1.165) is 35.1 Å². The van der Waals surface area contributed by atoms with Crippen molar-refractivity contribution in [2.75, 3.05) is 18.4 Å². The first kappa shape index (κ1) is 20.5. The number of halogens is 2. The van der Waals surface area contributed by atoms with Crippen LogP contribution in [-0.2, 0) is 0 Å². The zero-order chi connectivity index (χ0) is 18.5. The number of hydrogen-bond donors (Lipinski definition) is 1. The van der Waals surface area contributed by atoms with E-state index in [2.05, 4.69) is 66.0 Å². The van der Waals surface area contributed by atoms with Gasteiger partial charge in [0.2, 0.25) is 0 Å². The van der Waals surface area contributed by atoms with Gasteiger partial charge in [0.1, 0.15) is 0 Å². The maximum Gasteiger partial charge on any atom is 0.0668 e. The number of benzodiazepines with no additional fused rings is 1. The van der Waals surface area contributed by atoms with Crippen LogP contribution in [0, 0.1) is 0 Å². The lowest BCUT2D eigenvalue weighted by molar-refractivity contribution is 1.04. The molecule has 0 amide bonds. The Balaban J connectivity index is 0.00000225. The average molecular weight is 427 g/mol. The molecule has 3 aromatic carbocycles. The van der Waals surface area contributed by atoms with Gasteiger partial charge in [-0.15, -0.1) is 12.4 Å². The van der Waals surface area contributed by atoms with E-state index >= 15 is 0 Å². The Morgan fingerprint density at radius 3 is 2.50 bits per heavy atom. The summed E-state index contributed by atoms with van der Waals surface area (Å²) in [5.74, 6) is 0. The molecular formula is C23H20Cl2N2S. The van der Waals surface area contributed by atoms with E-state index in [1.807, 2.05) is 24.3 Å². The second-order valence-corrected chi connectivity index (χ2v) is 7.72. The minimum absolute atomic E-state index is 0. The maximum atomic E-state index is 6.00. The number of allylic oxidation sites excluding steroid dienone is 1. The van der Waals surface area contributed by atoms with Gasteiger partial charge in [0.15, 0.2) is 0 Å². The Kier molecular flexibility index (Phi) is 7.21. The highest BCUT2D eigenvalue weighted by Gasteiger charge is 2.09. The van der Waals surface area contributed by atoms with E-state index in [1.54, 1.807) is 11.8 Å². The van der Waals surface area contributed by atoms with Gasteiger partial charge in [-0.25, -0.2) is 0 Å². The summed E-state index contributed by atoms with van der Waals surface area (Å²) in [4.78, 5) is 7.12. The maximum absolute atomic E-state index is 6.00. The Labute approximate surface area is 181 Å². The number of fused-ring (bicyclic) bond motifs is 1. The third kappa shape index (κ3) is 4.99. The third-order valence-electron chi connectivity index (χ3n) is 4.29. The van der Waals surface area contributed by atoms with E-state index in [0.29, 0.717) is 0 Å². The fraction of sp³-hybridized carbons (Fsp3) is 0.0870. The predicted molar refractivity (Wildman–Crippen MR) is 125 cm³/mol. The largest absolute Gasteiger partial charge is 0.383 e. The van der Waals surface area contributed by atoms with Crippen LogP contribution in [0.1, 0.15) is 11.1 Å². The highest BCUT2D eigenvalue weighted by molar-refractivity contribution is 7.99. The van der Waals surface area contributed by atoms with Crippen molar-refractivity contribution in [3.8, 4) is 0 Å². The van der Waals surface area contributed by atoms with Crippen LogP contribution in [0.5, 0.6) is 0 Å². The van der Waals surface area contributed by atoms with Crippen molar-refractivity contribution in [2.45, 2.75) is 9.79 Å². The number of benzene rings is 3. The molecule has 0 spiro atoms. The first-order valence-electron chi connectivity index (χ1n) is 8.88. The van der Waals surface area contributed by atoms with E-state index in [4.69, 9.17) is 16.6 Å². The summed E-state index contributed by atoms with van der Waals surface area (Å²) in [5, 5.41) is 4.19. The van der Waals surface area contributed by atoms with E-state index in [-0.39, 0.29) is 12.4 Å². The van der Waals surface area contributed by atoms with Crippen molar-refractivity contribution in [3.05, 3.63) is 95.0 Å². The van der Waals surface area contributed by atoms with Crippen LogP contribution in [0.25, 0.3) is 6.08 Å². The third-order valence-corrected chi connectivity index (χ3v) is 5.65. The molecule has 28 heavy (non-hydrogen) atoms. The molecule has 0 aromatic heterocycles. The van der Waals surface area contributed by atoms with Crippen LogP contribution in [0.3, 0.4) is 0 Å². The standard InChI is InChI=1S/C23H19ClN2S.ClH/c24-18-10-12-19(13-11-18)27-23-8-4-1-5-17(23)9-14-22-20-6-2-3-7-21(20)25-15-16-26-22;/h1-14,25H,15-16H2;1H/b14-9+;. The SMILES string of the molecule is Cl.Clc1ccc(Sc2ccccc2/C=C/C2=NCCNc3ccccc32)cc1. The molecule has 0 radical (unpaired) electrons. The molecule has 3 aromatic rings. The molecule has 1 heterocycles. The number of nitrogens with one attached hydrogen (secondary N) is 1. The minimum atomic E-state index is 0. The fourth-order valence-corrected chi connectivity index (χ4v) is 4.02. The van der Waals surface area contributed by atoms with Gasteiger partial charge in [0.05, 0.1) is 12.3 Å². The van der Waals surface area contributed by atoms with Crippen LogP contribution in [0.15, 0.2) is 93.7 Å². The molecule has 0 atom stereocenters. The van der Waals surface area contributed by atoms with E-state index < -0.39 is 0 Å². The molecule has 1 N–H and O–H groups in total. The number of para-hydroxylation sites is 1. The predicted octanol–water partition coefficient (Wildman–Crippen LogP) is 6.84. The van der Waals surface area contributed by atoms with Gasteiger partial charge in [0.25, 0.3) is 0 Å². The Hall–Kier alpha value is -2.20. The molecule has 1 aliphatic rings. The summed E-state index contributed by atoms with van der Waals surface area (Å²) in [6.07, 6.45) is 4.27. The average Bonchev–Trinajstić information content (AvgIpc) is 2.91. The Morgan fingerprint density at radius 2 is 1.64 bits per heavy atom. The van der Waals surface area contributed by atoms with Gasteiger partial charge in [-0.3, -0.25) is 4.99 Å². The molecule has 0 fully saturated rings. The van der Waals surface area contributed by atoms with Crippen molar-refractivity contribution in [3.63, 3.8) is 0 Å².